The number of fused-ring (bicyclic) bond motifs is 2. The lowest BCUT2D eigenvalue weighted by atomic mass is 9.82. The van der Waals surface area contributed by atoms with Gasteiger partial charge in [-0.05, 0) is 69.9 Å². The van der Waals surface area contributed by atoms with Crippen LogP contribution in [0.5, 0.6) is 0 Å². The molecule has 1 atom stereocenters. The molecule has 0 aromatic heterocycles. The smallest absolute Gasteiger partial charge is 0.344 e. The molecule has 1 spiro atoms. The van der Waals surface area contributed by atoms with Gasteiger partial charge in [-0.1, -0.05) is 50.6 Å². The van der Waals surface area contributed by atoms with Gasteiger partial charge in [-0.15, -0.1) is 0 Å². The molecule has 0 saturated heterocycles. The van der Waals surface area contributed by atoms with Gasteiger partial charge >= 0.3 is 11.9 Å². The van der Waals surface area contributed by atoms with Crippen molar-refractivity contribution in [1.82, 2.24) is 0 Å². The molecule has 2 aliphatic heterocycles. The molecule has 0 aliphatic carbocycles. The van der Waals surface area contributed by atoms with Gasteiger partial charge in [0.1, 0.15) is 11.1 Å². The molecule has 1 unspecified atom stereocenters. The summed E-state index contributed by atoms with van der Waals surface area (Å²) in [5.74, 6) is -2.11. The second-order valence-electron chi connectivity index (χ2n) is 11.6. The van der Waals surface area contributed by atoms with E-state index in [1.165, 1.54) is 4.90 Å². The van der Waals surface area contributed by atoms with Crippen molar-refractivity contribution >= 4 is 41.0 Å². The monoisotopic (exact) mass is 566 g/mol. The van der Waals surface area contributed by atoms with E-state index in [0.29, 0.717) is 28.3 Å². The molecule has 2 aromatic rings. The molecule has 0 bridgehead atoms. The number of aliphatic imine (C=N–C) groups is 1. The van der Waals surface area contributed by atoms with E-state index in [9.17, 15) is 14.4 Å². The molecule has 2 aromatic carbocycles. The summed E-state index contributed by atoms with van der Waals surface area (Å²) in [6.45, 7) is 13.5. The van der Waals surface area contributed by atoms with Gasteiger partial charge in [-0.3, -0.25) is 9.69 Å². The van der Waals surface area contributed by atoms with Crippen LogP contribution in [0.25, 0.3) is 0 Å². The van der Waals surface area contributed by atoms with Gasteiger partial charge < -0.3 is 14.2 Å². The van der Waals surface area contributed by atoms with Crippen LogP contribution in [-0.4, -0.2) is 42.5 Å². The van der Waals surface area contributed by atoms with E-state index in [0.717, 1.165) is 0 Å². The van der Waals surface area contributed by atoms with Crippen molar-refractivity contribution in [3.8, 4) is 0 Å². The van der Waals surface area contributed by atoms with E-state index in [-0.39, 0.29) is 35.7 Å². The van der Waals surface area contributed by atoms with E-state index in [4.69, 9.17) is 30.8 Å². The van der Waals surface area contributed by atoms with Crippen LogP contribution in [0.3, 0.4) is 0 Å². The number of esters is 2. The maximum Gasteiger partial charge on any atom is 0.344 e. The van der Waals surface area contributed by atoms with Crippen molar-refractivity contribution in [3.05, 3.63) is 75.8 Å². The van der Waals surface area contributed by atoms with Crippen molar-refractivity contribution in [2.24, 2.45) is 10.4 Å². The van der Waals surface area contributed by atoms with Gasteiger partial charge in [-0.25, -0.2) is 14.6 Å². The van der Waals surface area contributed by atoms with Crippen LogP contribution in [-0.2, 0) is 29.5 Å². The van der Waals surface area contributed by atoms with Gasteiger partial charge in [0.15, 0.2) is 0 Å². The van der Waals surface area contributed by atoms with Crippen molar-refractivity contribution < 1.29 is 28.6 Å². The molecule has 9 heteroatoms. The number of ether oxygens (including phenoxy) is 3. The van der Waals surface area contributed by atoms with Crippen molar-refractivity contribution in [1.29, 1.82) is 0 Å². The van der Waals surface area contributed by atoms with Crippen molar-refractivity contribution in [2.75, 3.05) is 18.1 Å². The summed E-state index contributed by atoms with van der Waals surface area (Å²) < 4.78 is 17.6. The van der Waals surface area contributed by atoms with Gasteiger partial charge in [0.25, 0.3) is 11.6 Å². The molecule has 2 aliphatic rings. The Morgan fingerprint density at radius 1 is 0.950 bits per heavy atom. The molecule has 2 heterocycles. The number of nitrogens with zero attached hydrogens (tertiary/aromatic N) is 2. The molecular formula is C31H35ClN2O6. The largest absolute Gasteiger partial charge is 0.462 e. The van der Waals surface area contributed by atoms with Crippen molar-refractivity contribution in [2.45, 2.75) is 66.2 Å². The van der Waals surface area contributed by atoms with Gasteiger partial charge in [-0.2, -0.15) is 0 Å². The molecule has 8 nitrogen and oxygen atoms in total. The SMILES string of the molecule is CCOC(=O)C1=C(C(=O)OCC)C2(OC1=NC(C)(C)CC(C)(C)C)c1ccccc1C(=O)N2c1ccc(Cl)cc1. The first-order chi connectivity index (χ1) is 18.8. The number of amides is 1. The number of rotatable bonds is 7. The zero-order valence-electron chi connectivity index (χ0n) is 24.0. The number of carbonyl (C=O) groups is 3. The van der Waals surface area contributed by atoms with E-state index in [2.05, 4.69) is 20.8 Å². The zero-order chi connectivity index (χ0) is 29.5. The Morgan fingerprint density at radius 3 is 2.15 bits per heavy atom. The highest BCUT2D eigenvalue weighted by molar-refractivity contribution is 6.31. The number of halogens is 1. The minimum Gasteiger partial charge on any atom is -0.462 e. The lowest BCUT2D eigenvalue weighted by molar-refractivity contribution is -0.142. The Balaban J connectivity index is 2.10. The van der Waals surface area contributed by atoms with Crippen LogP contribution >= 0.6 is 11.6 Å². The van der Waals surface area contributed by atoms with E-state index in [1.807, 2.05) is 13.8 Å². The Kier molecular flexibility index (Phi) is 7.87. The minimum atomic E-state index is -1.87. The lowest BCUT2D eigenvalue weighted by Crippen LogP contribution is -2.48. The minimum absolute atomic E-state index is 0.0348. The summed E-state index contributed by atoms with van der Waals surface area (Å²) in [7, 11) is 0. The average Bonchev–Trinajstić information content (AvgIpc) is 3.30. The van der Waals surface area contributed by atoms with Gasteiger partial charge in [0.2, 0.25) is 5.90 Å². The summed E-state index contributed by atoms with van der Waals surface area (Å²) >= 11 is 6.16. The van der Waals surface area contributed by atoms with Gasteiger partial charge in [0.05, 0.1) is 18.8 Å². The van der Waals surface area contributed by atoms with Crippen LogP contribution < -0.4 is 4.90 Å². The predicted molar refractivity (Wildman–Crippen MR) is 153 cm³/mol. The third-order valence-corrected chi connectivity index (χ3v) is 6.75. The first kappa shape index (κ1) is 29.3. The van der Waals surface area contributed by atoms with Crippen LogP contribution in [0, 0.1) is 5.41 Å². The summed E-state index contributed by atoms with van der Waals surface area (Å²) in [4.78, 5) is 47.7. The number of carbonyl (C=O) groups excluding carboxylic acids is 3. The summed E-state index contributed by atoms with van der Waals surface area (Å²) in [6.07, 6.45) is 0.640. The highest BCUT2D eigenvalue weighted by Gasteiger charge is 2.64. The van der Waals surface area contributed by atoms with Crippen LogP contribution in [0.15, 0.2) is 64.7 Å². The van der Waals surface area contributed by atoms with Crippen LogP contribution in [0.2, 0.25) is 5.02 Å². The van der Waals surface area contributed by atoms with Crippen LogP contribution in [0.1, 0.15) is 70.8 Å². The van der Waals surface area contributed by atoms with Crippen molar-refractivity contribution in [3.63, 3.8) is 0 Å². The summed E-state index contributed by atoms with van der Waals surface area (Å²) in [5, 5.41) is 0.467. The predicted octanol–water partition coefficient (Wildman–Crippen LogP) is 6.22. The van der Waals surface area contributed by atoms with E-state index < -0.39 is 29.1 Å². The van der Waals surface area contributed by atoms with Crippen LogP contribution in [0.4, 0.5) is 5.69 Å². The Morgan fingerprint density at radius 2 is 1.55 bits per heavy atom. The number of hydrogen-bond donors (Lipinski definition) is 0. The summed E-state index contributed by atoms with van der Waals surface area (Å²) in [5.41, 5.74) is -1.89. The quantitative estimate of drug-likeness (QED) is 0.369. The Bertz CT molecular complexity index is 1400. The first-order valence-corrected chi connectivity index (χ1v) is 13.7. The highest BCUT2D eigenvalue weighted by Crippen LogP contribution is 2.53. The molecule has 1 amide bonds. The second-order valence-corrected chi connectivity index (χ2v) is 12.0. The molecule has 0 N–H and O–H groups in total. The molecule has 0 radical (unpaired) electrons. The zero-order valence-corrected chi connectivity index (χ0v) is 24.7. The molecule has 212 valence electrons. The van der Waals surface area contributed by atoms with E-state index in [1.54, 1.807) is 62.4 Å². The third-order valence-electron chi connectivity index (χ3n) is 6.50. The Labute approximate surface area is 240 Å². The third kappa shape index (κ3) is 5.24. The highest BCUT2D eigenvalue weighted by atomic mass is 35.5. The fraction of sp³-hybridized carbons (Fsp3) is 0.419. The summed E-state index contributed by atoms with van der Waals surface area (Å²) in [6, 6.07) is 13.4. The number of anilines is 1. The fourth-order valence-corrected chi connectivity index (χ4v) is 5.76. The number of benzene rings is 2. The average molecular weight is 567 g/mol. The molecule has 40 heavy (non-hydrogen) atoms. The van der Waals surface area contributed by atoms with Gasteiger partial charge in [0, 0.05) is 21.8 Å². The normalized spacial score (nSPS) is 19.8. The standard InChI is InChI=1S/C31H35ClN2O6/c1-8-38-27(36)23-24(28(37)39-9-2)31(40-25(23)33-30(6,7)18-29(3,4)5)22-13-11-10-12-21(22)26(35)34(31)20-16-14-19(32)15-17-20/h10-17H,8-9,18H2,1-7H3. The first-order valence-electron chi connectivity index (χ1n) is 13.3. The maximum absolute atomic E-state index is 14.0. The lowest BCUT2D eigenvalue weighted by Gasteiger charge is -2.36. The fourth-order valence-electron chi connectivity index (χ4n) is 5.63. The van der Waals surface area contributed by atoms with E-state index >= 15 is 0 Å². The maximum atomic E-state index is 14.0. The topological polar surface area (TPSA) is 94.5 Å². The number of hydrogen-bond acceptors (Lipinski definition) is 7. The molecule has 0 fully saturated rings. The second kappa shape index (κ2) is 10.7. The molecule has 4 rings (SSSR count). The Hall–Kier alpha value is -3.65. The molecule has 0 saturated carbocycles. The molecular weight excluding hydrogens is 532 g/mol.